The number of nitrogens with zero attached hydrogens (tertiary/aromatic N) is 4. The molecular formula is C18H25N5OS. The molecule has 1 aromatic heterocycles. The number of benzene rings is 1. The lowest BCUT2D eigenvalue weighted by Gasteiger charge is -2.23. The van der Waals surface area contributed by atoms with Gasteiger partial charge in [0.05, 0.1) is 5.25 Å². The number of rotatable bonds is 4. The van der Waals surface area contributed by atoms with Gasteiger partial charge in [0, 0.05) is 18.7 Å². The third kappa shape index (κ3) is 4.15. The van der Waals surface area contributed by atoms with Crippen LogP contribution in [0.1, 0.15) is 38.2 Å². The second-order valence-electron chi connectivity index (χ2n) is 6.54. The van der Waals surface area contributed by atoms with E-state index in [1.54, 1.807) is 0 Å². The molecule has 1 aromatic carbocycles. The number of aryl methyl sites for hydroxylation is 1. The predicted octanol–water partition coefficient (Wildman–Crippen LogP) is 2.85. The van der Waals surface area contributed by atoms with Crippen molar-refractivity contribution in [3.05, 3.63) is 29.8 Å². The molecule has 0 bridgehead atoms. The van der Waals surface area contributed by atoms with Gasteiger partial charge < -0.3 is 10.7 Å². The Hall–Kier alpha value is -2.02. The van der Waals surface area contributed by atoms with E-state index in [2.05, 4.69) is 10.2 Å². The zero-order valence-electron chi connectivity index (χ0n) is 14.8. The summed E-state index contributed by atoms with van der Waals surface area (Å²) in [5, 5.41) is 8.71. The van der Waals surface area contributed by atoms with Crippen LogP contribution < -0.4 is 5.84 Å². The number of carbonyl (C=O) groups is 1. The fourth-order valence-corrected chi connectivity index (χ4v) is 3.87. The molecular weight excluding hydrogens is 334 g/mol. The molecule has 1 fully saturated rings. The largest absolute Gasteiger partial charge is 0.342 e. The van der Waals surface area contributed by atoms with Gasteiger partial charge in [-0.15, -0.1) is 10.2 Å². The van der Waals surface area contributed by atoms with Gasteiger partial charge in [-0.2, -0.15) is 0 Å². The van der Waals surface area contributed by atoms with Crippen molar-refractivity contribution in [2.75, 3.05) is 18.9 Å². The molecule has 0 unspecified atom stereocenters. The number of hydrogen-bond acceptors (Lipinski definition) is 5. The van der Waals surface area contributed by atoms with Crippen molar-refractivity contribution in [3.63, 3.8) is 0 Å². The molecule has 2 N–H and O–H groups in total. The Balaban J connectivity index is 1.70. The van der Waals surface area contributed by atoms with Crippen LogP contribution in [0.15, 0.2) is 29.4 Å². The summed E-state index contributed by atoms with van der Waals surface area (Å²) in [7, 11) is 0. The topological polar surface area (TPSA) is 77.0 Å². The quantitative estimate of drug-likeness (QED) is 0.671. The normalized spacial score (nSPS) is 16.5. The third-order valence-electron chi connectivity index (χ3n) is 4.52. The van der Waals surface area contributed by atoms with Gasteiger partial charge in [0.2, 0.25) is 11.1 Å². The molecule has 0 spiro atoms. The molecule has 2 heterocycles. The van der Waals surface area contributed by atoms with Crippen molar-refractivity contribution >= 4 is 17.7 Å². The molecule has 2 aromatic rings. The number of likely N-dealkylation sites (tertiary alicyclic amines) is 1. The maximum atomic E-state index is 12.7. The average Bonchev–Trinajstić information content (AvgIpc) is 2.82. The van der Waals surface area contributed by atoms with Gasteiger partial charge in [-0.3, -0.25) is 4.79 Å². The summed E-state index contributed by atoms with van der Waals surface area (Å²) in [6.45, 7) is 5.66. The van der Waals surface area contributed by atoms with Gasteiger partial charge in [0.25, 0.3) is 0 Å². The molecule has 0 aliphatic carbocycles. The van der Waals surface area contributed by atoms with E-state index in [0.717, 1.165) is 31.5 Å². The average molecular weight is 359 g/mol. The molecule has 1 aliphatic heterocycles. The van der Waals surface area contributed by atoms with Crippen molar-refractivity contribution in [2.45, 2.75) is 49.9 Å². The van der Waals surface area contributed by atoms with E-state index in [1.807, 2.05) is 43.0 Å². The molecule has 1 saturated heterocycles. The SMILES string of the molecule is Cc1ccc(-c2nnc(S[C@H](C)C(=O)N3CCCCCC3)n2N)cc1. The van der Waals surface area contributed by atoms with E-state index in [1.165, 1.54) is 34.8 Å². The number of aromatic nitrogens is 3. The van der Waals surface area contributed by atoms with E-state index >= 15 is 0 Å². The van der Waals surface area contributed by atoms with E-state index in [4.69, 9.17) is 5.84 Å². The van der Waals surface area contributed by atoms with E-state index < -0.39 is 0 Å². The maximum absolute atomic E-state index is 12.7. The molecule has 0 saturated carbocycles. The highest BCUT2D eigenvalue weighted by molar-refractivity contribution is 8.00. The van der Waals surface area contributed by atoms with Crippen LogP contribution in [0.25, 0.3) is 11.4 Å². The van der Waals surface area contributed by atoms with Gasteiger partial charge in [-0.1, -0.05) is 54.4 Å². The van der Waals surface area contributed by atoms with Crippen LogP contribution in [0.3, 0.4) is 0 Å². The third-order valence-corrected chi connectivity index (χ3v) is 5.57. The Labute approximate surface area is 152 Å². The fraction of sp³-hybridized carbons (Fsp3) is 0.500. The van der Waals surface area contributed by atoms with E-state index in [-0.39, 0.29) is 11.2 Å². The van der Waals surface area contributed by atoms with Crippen LogP contribution in [0, 0.1) is 6.92 Å². The molecule has 6 nitrogen and oxygen atoms in total. The zero-order chi connectivity index (χ0) is 17.8. The molecule has 1 atom stereocenters. The van der Waals surface area contributed by atoms with Gasteiger partial charge in [-0.05, 0) is 26.7 Å². The first-order valence-electron chi connectivity index (χ1n) is 8.79. The summed E-state index contributed by atoms with van der Waals surface area (Å²) in [5.74, 6) is 6.94. The monoisotopic (exact) mass is 359 g/mol. The minimum absolute atomic E-state index is 0.159. The minimum atomic E-state index is -0.226. The summed E-state index contributed by atoms with van der Waals surface area (Å²) in [4.78, 5) is 14.7. The highest BCUT2D eigenvalue weighted by atomic mass is 32.2. The summed E-state index contributed by atoms with van der Waals surface area (Å²) in [5.41, 5.74) is 2.09. The van der Waals surface area contributed by atoms with Gasteiger partial charge in [0.1, 0.15) is 0 Å². The molecule has 1 aliphatic rings. The first-order valence-corrected chi connectivity index (χ1v) is 9.67. The number of hydrogen-bond donors (Lipinski definition) is 1. The summed E-state index contributed by atoms with van der Waals surface area (Å²) in [6, 6.07) is 7.98. The van der Waals surface area contributed by atoms with Crippen LogP contribution in [0.5, 0.6) is 0 Å². The van der Waals surface area contributed by atoms with Gasteiger partial charge >= 0.3 is 0 Å². The van der Waals surface area contributed by atoms with Crippen LogP contribution in [0.4, 0.5) is 0 Å². The molecule has 3 rings (SSSR count). The molecule has 1 amide bonds. The molecule has 25 heavy (non-hydrogen) atoms. The van der Waals surface area contributed by atoms with Crippen molar-refractivity contribution < 1.29 is 4.79 Å². The predicted molar refractivity (Wildman–Crippen MR) is 101 cm³/mol. The number of nitrogens with two attached hydrogens (primary N) is 1. The summed E-state index contributed by atoms with van der Waals surface area (Å²) in [6.07, 6.45) is 4.60. The number of carbonyl (C=O) groups excluding carboxylic acids is 1. The lowest BCUT2D eigenvalue weighted by atomic mass is 10.1. The highest BCUT2D eigenvalue weighted by Gasteiger charge is 2.24. The van der Waals surface area contributed by atoms with Gasteiger partial charge in [-0.25, -0.2) is 4.68 Å². The van der Waals surface area contributed by atoms with E-state index in [0.29, 0.717) is 11.0 Å². The number of thioether (sulfide) groups is 1. The van der Waals surface area contributed by atoms with Crippen molar-refractivity contribution in [3.8, 4) is 11.4 Å². The zero-order valence-corrected chi connectivity index (χ0v) is 15.6. The summed E-state index contributed by atoms with van der Waals surface area (Å²) < 4.78 is 1.47. The number of amides is 1. The van der Waals surface area contributed by atoms with Crippen molar-refractivity contribution in [1.29, 1.82) is 0 Å². The smallest absolute Gasteiger partial charge is 0.235 e. The lowest BCUT2D eigenvalue weighted by molar-refractivity contribution is -0.130. The Bertz CT molecular complexity index is 720. The Morgan fingerprint density at radius 1 is 1.12 bits per heavy atom. The first kappa shape index (κ1) is 17.8. The highest BCUT2D eigenvalue weighted by Crippen LogP contribution is 2.26. The standard InChI is InChI=1S/C18H25N5OS/c1-13-7-9-15(10-8-13)16-20-21-18(23(16)19)25-14(2)17(24)22-11-5-3-4-6-12-22/h7-10,14H,3-6,11-12,19H2,1-2H3/t14-/m1/s1. The van der Waals surface area contributed by atoms with Crippen molar-refractivity contribution in [2.24, 2.45) is 0 Å². The van der Waals surface area contributed by atoms with Crippen LogP contribution in [-0.4, -0.2) is 44.0 Å². The van der Waals surface area contributed by atoms with Gasteiger partial charge in [0.15, 0.2) is 5.82 Å². The molecule has 7 heteroatoms. The summed E-state index contributed by atoms with van der Waals surface area (Å²) >= 11 is 1.37. The Morgan fingerprint density at radius 3 is 2.40 bits per heavy atom. The van der Waals surface area contributed by atoms with Crippen LogP contribution in [-0.2, 0) is 4.79 Å². The molecule has 0 radical (unpaired) electrons. The number of nitrogen functional groups attached to an aromatic ring is 1. The second kappa shape index (κ2) is 7.91. The second-order valence-corrected chi connectivity index (χ2v) is 7.85. The first-order chi connectivity index (χ1) is 12.1. The molecule has 134 valence electrons. The van der Waals surface area contributed by atoms with Crippen molar-refractivity contribution in [1.82, 2.24) is 19.8 Å². The Morgan fingerprint density at radius 2 is 1.76 bits per heavy atom. The Kier molecular flexibility index (Phi) is 5.63. The minimum Gasteiger partial charge on any atom is -0.342 e. The van der Waals surface area contributed by atoms with E-state index in [9.17, 15) is 4.79 Å². The van der Waals surface area contributed by atoms with Crippen LogP contribution >= 0.6 is 11.8 Å². The lowest BCUT2D eigenvalue weighted by Crippen LogP contribution is -2.37. The maximum Gasteiger partial charge on any atom is 0.235 e. The van der Waals surface area contributed by atoms with Crippen LogP contribution in [0.2, 0.25) is 0 Å². The fourth-order valence-electron chi connectivity index (χ4n) is 3.01.